The van der Waals surface area contributed by atoms with E-state index >= 15 is 0 Å². The van der Waals surface area contributed by atoms with Gasteiger partial charge >= 0.3 is 0 Å². The van der Waals surface area contributed by atoms with Gasteiger partial charge in [-0.05, 0) is 41.9 Å². The summed E-state index contributed by atoms with van der Waals surface area (Å²) in [4.78, 5) is 11.3. The molecule has 5 heteroatoms. The number of rotatable bonds is 5. The fourth-order valence-electron chi connectivity index (χ4n) is 1.20. The largest absolute Gasteiger partial charge is 0.488 e. The van der Waals surface area contributed by atoms with Crippen LogP contribution >= 0.6 is 15.9 Å². The van der Waals surface area contributed by atoms with E-state index in [9.17, 15) is 4.79 Å². The van der Waals surface area contributed by atoms with Gasteiger partial charge in [-0.2, -0.15) is 0 Å². The summed E-state index contributed by atoms with van der Waals surface area (Å²) < 4.78 is 6.57. The molecule has 0 spiro atoms. The van der Waals surface area contributed by atoms with Crippen LogP contribution in [0.2, 0.25) is 0 Å². The van der Waals surface area contributed by atoms with E-state index in [0.29, 0.717) is 6.54 Å². The van der Waals surface area contributed by atoms with Crippen molar-refractivity contribution in [3.63, 3.8) is 0 Å². The third kappa shape index (κ3) is 4.75. The maximum absolute atomic E-state index is 11.3. The minimum absolute atomic E-state index is 0.114. The third-order valence-corrected chi connectivity index (χ3v) is 2.80. The van der Waals surface area contributed by atoms with Gasteiger partial charge < -0.3 is 15.8 Å². The summed E-state index contributed by atoms with van der Waals surface area (Å²) in [6.07, 6.45) is -0.114. The van der Waals surface area contributed by atoms with E-state index in [1.165, 1.54) is 0 Å². The molecule has 0 aliphatic rings. The first-order valence-corrected chi connectivity index (χ1v) is 6.24. The Morgan fingerprint density at radius 3 is 2.71 bits per heavy atom. The van der Waals surface area contributed by atoms with Gasteiger partial charge in [0.25, 0.3) is 0 Å². The van der Waals surface area contributed by atoms with Crippen molar-refractivity contribution in [1.29, 1.82) is 0 Å². The Bertz CT molecular complexity index is 383. The van der Waals surface area contributed by atoms with Gasteiger partial charge in [-0.15, -0.1) is 0 Å². The van der Waals surface area contributed by atoms with E-state index in [-0.39, 0.29) is 12.0 Å². The van der Waals surface area contributed by atoms with E-state index in [4.69, 9.17) is 10.5 Å². The topological polar surface area (TPSA) is 64.4 Å². The number of para-hydroxylation sites is 1. The fraction of sp³-hybridized carbons (Fsp3) is 0.417. The number of hydrogen-bond donors (Lipinski definition) is 2. The molecule has 0 aliphatic heterocycles. The molecule has 17 heavy (non-hydrogen) atoms. The Morgan fingerprint density at radius 2 is 2.12 bits per heavy atom. The number of benzene rings is 1. The average Bonchev–Trinajstić information content (AvgIpc) is 2.29. The summed E-state index contributed by atoms with van der Waals surface area (Å²) in [7, 11) is 0. The minimum atomic E-state index is -0.495. The second kappa shape index (κ2) is 6.61. The number of halogens is 1. The highest BCUT2D eigenvalue weighted by atomic mass is 79.9. The van der Waals surface area contributed by atoms with Crippen LogP contribution < -0.4 is 15.8 Å². The molecule has 0 saturated heterocycles. The van der Waals surface area contributed by atoms with Crippen molar-refractivity contribution in [2.75, 3.05) is 6.54 Å². The molecule has 0 radical (unpaired) electrons. The van der Waals surface area contributed by atoms with Crippen molar-refractivity contribution in [2.45, 2.75) is 26.0 Å². The van der Waals surface area contributed by atoms with Crippen molar-refractivity contribution in [3.05, 3.63) is 28.7 Å². The molecule has 0 aromatic heterocycles. The number of carbonyl (C=O) groups is 1. The van der Waals surface area contributed by atoms with E-state index in [0.717, 1.165) is 10.2 Å². The van der Waals surface area contributed by atoms with E-state index in [2.05, 4.69) is 21.2 Å². The Kier molecular flexibility index (Phi) is 5.44. The molecule has 1 unspecified atom stereocenters. The molecule has 1 aromatic rings. The maximum atomic E-state index is 11.3. The zero-order chi connectivity index (χ0) is 12.8. The molecule has 1 amide bonds. The van der Waals surface area contributed by atoms with Crippen LogP contribution in [0.15, 0.2) is 28.7 Å². The lowest BCUT2D eigenvalue weighted by Gasteiger charge is -2.17. The number of nitrogens with two attached hydrogens (primary N) is 1. The first-order chi connectivity index (χ1) is 8.00. The highest BCUT2D eigenvalue weighted by molar-refractivity contribution is 9.10. The van der Waals surface area contributed by atoms with Gasteiger partial charge in [-0.1, -0.05) is 12.1 Å². The molecular formula is C12H17BrN2O2. The lowest BCUT2D eigenvalue weighted by atomic mass is 10.3. The van der Waals surface area contributed by atoms with Crippen LogP contribution in [0.4, 0.5) is 0 Å². The normalized spacial score (nSPS) is 13.9. The quantitative estimate of drug-likeness (QED) is 0.869. The van der Waals surface area contributed by atoms with Crippen LogP contribution in [-0.2, 0) is 4.79 Å². The molecule has 0 heterocycles. The lowest BCUT2D eigenvalue weighted by molar-refractivity contribution is -0.122. The zero-order valence-electron chi connectivity index (χ0n) is 9.94. The number of nitrogens with one attached hydrogen (secondary N) is 1. The summed E-state index contributed by atoms with van der Waals surface area (Å²) in [5.41, 5.74) is 5.44. The molecule has 0 saturated carbocycles. The monoisotopic (exact) mass is 300 g/mol. The number of carbonyl (C=O) groups excluding carboxylic acids is 1. The second-order valence-electron chi connectivity index (χ2n) is 3.89. The SMILES string of the molecule is CC(CNC(=O)[C@@H](C)N)Oc1ccccc1Br. The molecule has 2 atom stereocenters. The Morgan fingerprint density at radius 1 is 1.47 bits per heavy atom. The summed E-state index contributed by atoms with van der Waals surface area (Å²) >= 11 is 3.40. The van der Waals surface area contributed by atoms with Crippen LogP contribution in [0.1, 0.15) is 13.8 Å². The van der Waals surface area contributed by atoms with E-state index in [1.54, 1.807) is 6.92 Å². The van der Waals surface area contributed by atoms with Gasteiger partial charge in [0.05, 0.1) is 17.1 Å². The molecule has 0 fully saturated rings. The summed E-state index contributed by atoms with van der Waals surface area (Å²) in [6, 6.07) is 7.09. The van der Waals surface area contributed by atoms with Crippen LogP contribution in [0, 0.1) is 0 Å². The van der Waals surface area contributed by atoms with Crippen molar-refractivity contribution >= 4 is 21.8 Å². The molecule has 1 aromatic carbocycles. The van der Waals surface area contributed by atoms with Crippen molar-refractivity contribution < 1.29 is 9.53 Å². The third-order valence-electron chi connectivity index (χ3n) is 2.14. The summed E-state index contributed by atoms with van der Waals surface area (Å²) in [6.45, 7) is 3.97. The van der Waals surface area contributed by atoms with E-state index in [1.807, 2.05) is 31.2 Å². The molecule has 0 aliphatic carbocycles. The van der Waals surface area contributed by atoms with Crippen molar-refractivity contribution in [3.8, 4) is 5.75 Å². The number of amides is 1. The van der Waals surface area contributed by atoms with Crippen LogP contribution in [0.3, 0.4) is 0 Å². The predicted molar refractivity (Wildman–Crippen MR) is 70.9 cm³/mol. The van der Waals surface area contributed by atoms with E-state index < -0.39 is 6.04 Å². The molecule has 3 N–H and O–H groups in total. The standard InChI is InChI=1S/C12H17BrN2O2/c1-8(7-15-12(16)9(2)14)17-11-6-4-3-5-10(11)13/h3-6,8-9H,7,14H2,1-2H3,(H,15,16)/t8?,9-/m1/s1. The number of hydrogen-bond acceptors (Lipinski definition) is 3. The van der Waals surface area contributed by atoms with Gasteiger partial charge in [0, 0.05) is 0 Å². The summed E-state index contributed by atoms with van der Waals surface area (Å²) in [5, 5.41) is 2.72. The average molecular weight is 301 g/mol. The van der Waals surface area contributed by atoms with Gasteiger partial charge in [-0.25, -0.2) is 0 Å². The van der Waals surface area contributed by atoms with Crippen molar-refractivity contribution in [2.24, 2.45) is 5.73 Å². The lowest BCUT2D eigenvalue weighted by Crippen LogP contribution is -2.42. The first kappa shape index (κ1) is 14.0. The molecule has 0 bridgehead atoms. The second-order valence-corrected chi connectivity index (χ2v) is 4.75. The molecule has 94 valence electrons. The molecule has 1 rings (SSSR count). The first-order valence-electron chi connectivity index (χ1n) is 5.45. The fourth-order valence-corrected chi connectivity index (χ4v) is 1.58. The summed E-state index contributed by atoms with van der Waals surface area (Å²) in [5.74, 6) is 0.586. The molecular weight excluding hydrogens is 284 g/mol. The predicted octanol–water partition coefficient (Wildman–Crippen LogP) is 1.68. The van der Waals surface area contributed by atoms with Crippen molar-refractivity contribution in [1.82, 2.24) is 5.32 Å². The minimum Gasteiger partial charge on any atom is -0.488 e. The Balaban J connectivity index is 2.43. The van der Waals surface area contributed by atoms with Crippen LogP contribution in [0.5, 0.6) is 5.75 Å². The highest BCUT2D eigenvalue weighted by Gasteiger charge is 2.10. The van der Waals surface area contributed by atoms with Gasteiger partial charge in [0.15, 0.2) is 0 Å². The molecule has 4 nitrogen and oxygen atoms in total. The van der Waals surface area contributed by atoms with Gasteiger partial charge in [0.1, 0.15) is 11.9 Å². The van der Waals surface area contributed by atoms with Crippen LogP contribution in [-0.4, -0.2) is 24.6 Å². The Labute approximate surface area is 110 Å². The highest BCUT2D eigenvalue weighted by Crippen LogP contribution is 2.24. The Hall–Kier alpha value is -1.07. The van der Waals surface area contributed by atoms with Crippen LogP contribution in [0.25, 0.3) is 0 Å². The smallest absolute Gasteiger partial charge is 0.236 e. The number of ether oxygens (including phenoxy) is 1. The van der Waals surface area contributed by atoms with Gasteiger partial charge in [-0.3, -0.25) is 4.79 Å². The zero-order valence-corrected chi connectivity index (χ0v) is 11.5. The van der Waals surface area contributed by atoms with Gasteiger partial charge in [0.2, 0.25) is 5.91 Å². The maximum Gasteiger partial charge on any atom is 0.236 e.